The normalized spacial score (nSPS) is 10.9. The molecule has 0 bridgehead atoms. The summed E-state index contributed by atoms with van der Waals surface area (Å²) >= 11 is -0.723. The molecule has 0 nitrogen and oxygen atoms in total. The van der Waals surface area contributed by atoms with Crippen LogP contribution in [0.5, 0.6) is 0 Å². The monoisotopic (exact) mass is 565 g/mol. The Hall–Kier alpha value is 1.06. The Morgan fingerprint density at radius 3 is 0.500 bits per heavy atom. The third-order valence-corrected chi connectivity index (χ3v) is 16.1. The lowest BCUT2D eigenvalue weighted by molar-refractivity contribution is 0.672. The maximum absolute atomic E-state index is 2.32. The third kappa shape index (κ3) is 35.1. The Morgan fingerprint density at radius 2 is 0.368 bits per heavy atom. The van der Waals surface area contributed by atoms with Gasteiger partial charge in [0.1, 0.15) is 0 Å². The molecule has 0 atom stereocenters. The van der Waals surface area contributed by atoms with Crippen molar-refractivity contribution in [1.82, 2.24) is 0 Å². The van der Waals surface area contributed by atoms with Gasteiger partial charge in [0.2, 0.25) is 0 Å². The Balaban J connectivity index is 0. The van der Waals surface area contributed by atoms with E-state index in [1.54, 1.807) is 70.2 Å². The Labute approximate surface area is 254 Å². The number of rotatable bonds is 30. The first-order chi connectivity index (χ1) is 18.7. The van der Waals surface area contributed by atoms with Crippen LogP contribution in [0.3, 0.4) is 0 Å². The van der Waals surface area contributed by atoms with Crippen LogP contribution in [-0.2, 0) is 0 Å². The van der Waals surface area contributed by atoms with E-state index in [9.17, 15) is 0 Å². The van der Waals surface area contributed by atoms with Gasteiger partial charge in [-0.1, -0.05) is 227 Å². The molecule has 0 rings (SSSR count). The summed E-state index contributed by atoms with van der Waals surface area (Å²) in [6, 6.07) is 0. The van der Waals surface area contributed by atoms with E-state index in [-0.39, 0.29) is 28.3 Å². The predicted octanol–water partition coefficient (Wildman–Crippen LogP) is 14.4. The van der Waals surface area contributed by atoms with Crippen molar-refractivity contribution < 1.29 is 0 Å². The van der Waals surface area contributed by atoms with Gasteiger partial charge in [-0.3, -0.25) is 0 Å². The van der Waals surface area contributed by atoms with Gasteiger partial charge in [-0.15, -0.1) is 0 Å². The van der Waals surface area contributed by atoms with Crippen molar-refractivity contribution in [2.45, 2.75) is 227 Å². The molecular formula is C36H78Al2. The fourth-order valence-electron chi connectivity index (χ4n) is 6.02. The van der Waals surface area contributed by atoms with E-state index in [0.29, 0.717) is 0 Å². The van der Waals surface area contributed by atoms with Crippen LogP contribution in [0, 0.1) is 0 Å². The van der Waals surface area contributed by atoms with E-state index >= 15 is 0 Å². The largest absolute Gasteiger partial charge is 0.261 e. The van der Waals surface area contributed by atoms with Crippen LogP contribution in [0.25, 0.3) is 0 Å². The minimum absolute atomic E-state index is 0.362. The van der Waals surface area contributed by atoms with Crippen LogP contribution in [0.2, 0.25) is 31.7 Å². The van der Waals surface area contributed by atoms with Crippen LogP contribution >= 0.6 is 0 Å². The summed E-state index contributed by atoms with van der Waals surface area (Å²) in [5.41, 5.74) is 0. The Kier molecular flexibility index (Phi) is 41.3. The summed E-state index contributed by atoms with van der Waals surface area (Å²) in [5, 5.41) is 9.91. The fourth-order valence-corrected chi connectivity index (χ4v) is 13.0. The number of hydrogen-bond donors (Lipinski definition) is 0. The molecule has 228 valence electrons. The summed E-state index contributed by atoms with van der Waals surface area (Å²) in [6.07, 6.45) is 35.4. The molecule has 0 aliphatic carbocycles. The highest BCUT2D eigenvalue weighted by Crippen LogP contribution is 2.20. The van der Waals surface area contributed by atoms with Crippen molar-refractivity contribution in [1.29, 1.82) is 0 Å². The lowest BCUT2D eigenvalue weighted by Gasteiger charge is -2.11. The van der Waals surface area contributed by atoms with E-state index in [0.717, 1.165) is 0 Å². The second-order valence-electron chi connectivity index (χ2n) is 12.8. The van der Waals surface area contributed by atoms with Gasteiger partial charge in [0.25, 0.3) is 28.3 Å². The molecule has 0 radical (unpaired) electrons. The van der Waals surface area contributed by atoms with Crippen molar-refractivity contribution in [3.8, 4) is 0 Å². The first-order valence-electron chi connectivity index (χ1n) is 18.7. The second-order valence-corrected chi connectivity index (χ2v) is 19.8. The van der Waals surface area contributed by atoms with Crippen LogP contribution < -0.4 is 0 Å². The van der Waals surface area contributed by atoms with Gasteiger partial charge in [-0.2, -0.15) is 0 Å². The molecule has 0 saturated heterocycles. The maximum atomic E-state index is 2.32. The quantitative estimate of drug-likeness (QED) is 0.0601. The minimum atomic E-state index is -0.362. The average Bonchev–Trinajstić information content (AvgIpc) is 2.93. The van der Waals surface area contributed by atoms with Crippen molar-refractivity contribution >= 4 is 28.3 Å². The molecule has 0 aliphatic heterocycles. The fraction of sp³-hybridized carbons (Fsp3) is 1.00. The molecule has 0 aromatic rings. The van der Waals surface area contributed by atoms with Gasteiger partial charge >= 0.3 is 0 Å². The lowest BCUT2D eigenvalue weighted by atomic mass is 10.2. The molecule has 0 heterocycles. The molecule has 0 N–H and O–H groups in total. The molecule has 0 fully saturated rings. The van der Waals surface area contributed by atoms with Gasteiger partial charge in [-0.05, 0) is 0 Å². The van der Waals surface area contributed by atoms with Crippen LogP contribution in [0.15, 0.2) is 0 Å². The molecule has 0 aromatic carbocycles. The molecule has 0 spiro atoms. The topological polar surface area (TPSA) is 0 Å². The summed E-state index contributed by atoms with van der Waals surface area (Å²) in [7, 11) is 0. The van der Waals surface area contributed by atoms with Crippen LogP contribution in [-0.4, -0.2) is 28.3 Å². The molecular weight excluding hydrogens is 486 g/mol. The zero-order valence-electron chi connectivity index (χ0n) is 28.4. The Bertz CT molecular complexity index is 290. The van der Waals surface area contributed by atoms with Gasteiger partial charge in [0, 0.05) is 0 Å². The zero-order valence-corrected chi connectivity index (χ0v) is 30.7. The highest BCUT2D eigenvalue weighted by Gasteiger charge is 2.16. The zero-order chi connectivity index (χ0) is 28.4. The van der Waals surface area contributed by atoms with Gasteiger partial charge in [0.15, 0.2) is 0 Å². The van der Waals surface area contributed by atoms with Gasteiger partial charge < -0.3 is 0 Å². The molecule has 38 heavy (non-hydrogen) atoms. The van der Waals surface area contributed by atoms with Crippen LogP contribution in [0.4, 0.5) is 0 Å². The van der Waals surface area contributed by atoms with E-state index in [1.165, 1.54) is 116 Å². The standard InChI is InChI=1S/6C6H13.2Al/c6*1-3-5-6-4-2;;/h6*1,3-6H2,2H3;;. The molecule has 0 aromatic heterocycles. The summed E-state index contributed by atoms with van der Waals surface area (Å²) in [5.74, 6) is 0. The maximum Gasteiger partial charge on any atom is 0.261 e. The summed E-state index contributed by atoms with van der Waals surface area (Å²) in [4.78, 5) is 0. The highest BCUT2D eigenvalue weighted by atomic mass is 27.2. The minimum Gasteiger partial charge on any atom is -0.0939 e. The second kappa shape index (κ2) is 38.1. The lowest BCUT2D eigenvalue weighted by Crippen LogP contribution is -2.11. The summed E-state index contributed by atoms with van der Waals surface area (Å²) < 4.78 is 0. The van der Waals surface area contributed by atoms with E-state index in [1.807, 2.05) is 0 Å². The van der Waals surface area contributed by atoms with Crippen molar-refractivity contribution in [3.05, 3.63) is 0 Å². The SMILES string of the molecule is CCCCC[CH2][Al]([CH2]CCCCC)[CH2]CCCCC.CCCCC[CH2][Al]([CH2]CCCCC)[CH2]CCCCC. The predicted molar refractivity (Wildman–Crippen MR) is 185 cm³/mol. The highest BCUT2D eigenvalue weighted by molar-refractivity contribution is 6.59. The van der Waals surface area contributed by atoms with Crippen molar-refractivity contribution in [2.24, 2.45) is 0 Å². The van der Waals surface area contributed by atoms with Gasteiger partial charge in [-0.25, -0.2) is 0 Å². The first kappa shape index (κ1) is 41.2. The number of hydrogen-bond acceptors (Lipinski definition) is 0. The van der Waals surface area contributed by atoms with Crippen molar-refractivity contribution in [3.63, 3.8) is 0 Å². The van der Waals surface area contributed by atoms with E-state index < -0.39 is 0 Å². The van der Waals surface area contributed by atoms with Crippen molar-refractivity contribution in [2.75, 3.05) is 0 Å². The Morgan fingerprint density at radius 1 is 0.211 bits per heavy atom. The molecule has 0 aliphatic rings. The van der Waals surface area contributed by atoms with Gasteiger partial charge in [0.05, 0.1) is 0 Å². The average molecular weight is 565 g/mol. The molecule has 0 amide bonds. The molecule has 0 unspecified atom stereocenters. The first-order valence-corrected chi connectivity index (χ1v) is 23.6. The van der Waals surface area contributed by atoms with Crippen LogP contribution in [0.1, 0.15) is 196 Å². The molecule has 2 heteroatoms. The molecule has 0 saturated carbocycles. The smallest absolute Gasteiger partial charge is 0.0939 e. The van der Waals surface area contributed by atoms with E-state index in [4.69, 9.17) is 0 Å². The van der Waals surface area contributed by atoms with E-state index in [2.05, 4.69) is 41.5 Å². The summed E-state index contributed by atoms with van der Waals surface area (Å²) in [6.45, 7) is 13.9. The third-order valence-electron chi connectivity index (χ3n) is 8.80. The number of unbranched alkanes of at least 4 members (excludes halogenated alkanes) is 18.